The van der Waals surface area contributed by atoms with Gasteiger partial charge in [0, 0.05) is 37.5 Å². The van der Waals surface area contributed by atoms with Crippen molar-refractivity contribution in [2.75, 3.05) is 39.3 Å². The second-order valence-corrected chi connectivity index (χ2v) is 20.5. The van der Waals surface area contributed by atoms with Crippen LogP contribution in [0.3, 0.4) is 0 Å². The van der Waals surface area contributed by atoms with Crippen LogP contribution in [-0.4, -0.2) is 78.8 Å². The van der Waals surface area contributed by atoms with Crippen molar-refractivity contribution in [3.05, 3.63) is 71.8 Å². The fourth-order valence-electron chi connectivity index (χ4n) is 11.0. The summed E-state index contributed by atoms with van der Waals surface area (Å²) in [7, 11) is 1.55. The predicted octanol–water partition coefficient (Wildman–Crippen LogP) is 13.7. The highest BCUT2D eigenvalue weighted by atomic mass is 32.2. The molecular weight excluding hydrogens is 863 g/mol. The highest BCUT2D eigenvalue weighted by molar-refractivity contribution is 8.00. The summed E-state index contributed by atoms with van der Waals surface area (Å²) in [4.78, 5) is 18.3. The van der Waals surface area contributed by atoms with Crippen molar-refractivity contribution in [1.82, 2.24) is 0 Å². The molecule has 7 atom stereocenters. The molecule has 2 aromatic rings. The number of aldehydes is 1. The first-order chi connectivity index (χ1) is 33.0. The number of unbranched alkanes of at least 4 members (excludes halogenated alkanes) is 15. The van der Waals surface area contributed by atoms with Crippen LogP contribution < -0.4 is 14.2 Å². The van der Waals surface area contributed by atoms with Crippen LogP contribution in [0.25, 0.3) is 0 Å². The van der Waals surface area contributed by atoms with Gasteiger partial charge in [0.25, 0.3) is 0 Å². The van der Waals surface area contributed by atoms with E-state index in [1.54, 1.807) is 19.2 Å². The Hall–Kier alpha value is -3.35. The van der Waals surface area contributed by atoms with Gasteiger partial charge < -0.3 is 38.7 Å². The number of carbonyl (C=O) groups is 1. The number of rotatable bonds is 33. The van der Waals surface area contributed by atoms with Crippen molar-refractivity contribution in [1.29, 1.82) is 0 Å². The van der Waals surface area contributed by atoms with E-state index in [9.17, 15) is 15.0 Å². The molecule has 2 fully saturated rings. The molecule has 372 valence electrons. The number of benzene rings is 2. The molecule has 2 heterocycles. The quantitative estimate of drug-likeness (QED) is 0.0309. The second-order valence-electron chi connectivity index (χ2n) is 19.2. The third-order valence-corrected chi connectivity index (χ3v) is 15.8. The average molecular weight is 946 g/mol. The van der Waals surface area contributed by atoms with Gasteiger partial charge in [-0.05, 0) is 105 Å². The standard InChI is InChI=1S/C56H83NO9S/c1-4-6-7-8-9-10-11-12-13-14-15-16-17-24-36-67-52-40-49(57-66-53-27-20-23-35-62-53)47-38-42(25-18-21-32-58)46(26-19-22-33-59)54-48-39-45(64-44-28-30-50(61-3)43(37-44)41-60)29-31-51(48)65-56(52,55(47)54)63-34-5-2/h5,28-31,37-39,41-42,46,52-55,58-59H,2,4,6-27,32-36,40H2,1,3H3/t42-,46+,52-,53?,54+,55+,56+/m0/s1. The molecule has 2 aliphatic carbocycles. The lowest BCUT2D eigenvalue weighted by molar-refractivity contribution is -0.223. The van der Waals surface area contributed by atoms with Crippen LogP contribution in [0.15, 0.2) is 65.9 Å². The minimum absolute atomic E-state index is 0.0584. The molecule has 67 heavy (non-hydrogen) atoms. The number of fused-ring (bicyclic) bond motifs is 2. The Morgan fingerprint density at radius 3 is 2.19 bits per heavy atom. The van der Waals surface area contributed by atoms with E-state index in [1.165, 1.54) is 83.5 Å². The molecule has 0 radical (unpaired) electrons. The molecule has 2 N–H and O–H groups in total. The first-order valence-corrected chi connectivity index (χ1v) is 27.3. The van der Waals surface area contributed by atoms with Crippen LogP contribution in [-0.2, 0) is 14.3 Å². The Bertz CT molecular complexity index is 1850. The summed E-state index contributed by atoms with van der Waals surface area (Å²) in [5, 5.41) is 24.9. The maximum Gasteiger partial charge on any atom is 0.230 e. The molecule has 0 aromatic heterocycles. The minimum Gasteiger partial charge on any atom is -0.496 e. The van der Waals surface area contributed by atoms with Gasteiger partial charge in [-0.15, -0.1) is 6.58 Å². The molecule has 0 spiro atoms. The Kier molecular flexibility index (Phi) is 22.9. The summed E-state index contributed by atoms with van der Waals surface area (Å²) < 4.78 is 32.5. The predicted molar refractivity (Wildman–Crippen MR) is 271 cm³/mol. The maximum atomic E-state index is 12.0. The fraction of sp³-hybridized carbons (Fsp3) is 0.679. The molecule has 1 unspecified atom stereocenters. The van der Waals surface area contributed by atoms with Crippen LogP contribution in [0.1, 0.15) is 183 Å². The molecule has 1 saturated carbocycles. The highest BCUT2D eigenvalue weighted by Crippen LogP contribution is 2.63. The largest absolute Gasteiger partial charge is 0.496 e. The lowest BCUT2D eigenvalue weighted by Gasteiger charge is -2.58. The van der Waals surface area contributed by atoms with Gasteiger partial charge in [-0.25, -0.2) is 0 Å². The molecule has 2 aromatic carbocycles. The van der Waals surface area contributed by atoms with Crippen molar-refractivity contribution in [2.24, 2.45) is 22.9 Å². The fourth-order valence-corrected chi connectivity index (χ4v) is 12.4. The van der Waals surface area contributed by atoms with E-state index < -0.39 is 5.79 Å². The zero-order valence-electron chi connectivity index (χ0n) is 41.0. The number of thioether (sulfide) groups is 1. The van der Waals surface area contributed by atoms with Crippen LogP contribution in [0, 0.1) is 17.8 Å². The van der Waals surface area contributed by atoms with Crippen LogP contribution in [0.2, 0.25) is 0 Å². The lowest BCUT2D eigenvalue weighted by atomic mass is 9.56. The number of oxime groups is 1. The summed E-state index contributed by atoms with van der Waals surface area (Å²) >= 11 is 1.94. The molecule has 4 aliphatic rings. The van der Waals surface area contributed by atoms with E-state index in [-0.39, 0.29) is 48.4 Å². The Morgan fingerprint density at radius 1 is 0.851 bits per heavy atom. The Balaban J connectivity index is 1.30. The number of allylic oxidation sites excluding steroid dienone is 1. The van der Waals surface area contributed by atoms with E-state index >= 15 is 0 Å². The molecule has 11 heteroatoms. The van der Waals surface area contributed by atoms with Crippen LogP contribution in [0.4, 0.5) is 0 Å². The first kappa shape index (κ1) is 53.0. The van der Waals surface area contributed by atoms with Crippen molar-refractivity contribution in [3.63, 3.8) is 0 Å². The molecular formula is C56H83NO9S. The number of carbonyl (C=O) groups excluding carboxylic acids is 1. The van der Waals surface area contributed by atoms with Gasteiger partial charge in [0.1, 0.15) is 23.0 Å². The topological polar surface area (TPSA) is 125 Å². The third kappa shape index (κ3) is 14.8. The first-order valence-electron chi connectivity index (χ1n) is 26.3. The molecule has 10 nitrogen and oxygen atoms in total. The normalized spacial score (nSPS) is 24.8. The van der Waals surface area contributed by atoms with E-state index in [0.29, 0.717) is 48.9 Å². The zero-order valence-corrected chi connectivity index (χ0v) is 41.8. The smallest absolute Gasteiger partial charge is 0.230 e. The van der Waals surface area contributed by atoms with Gasteiger partial charge >= 0.3 is 0 Å². The number of ether oxygens (including phenoxy) is 5. The summed E-state index contributed by atoms with van der Waals surface area (Å²) in [6.07, 6.45) is 31.8. The van der Waals surface area contributed by atoms with Gasteiger partial charge in [-0.3, -0.25) is 4.79 Å². The zero-order chi connectivity index (χ0) is 47.1. The molecule has 2 aliphatic heterocycles. The number of hydrogen-bond acceptors (Lipinski definition) is 11. The SMILES string of the molecule is C=CCO[C@@]12Oc3ccc(Oc4ccc(OC)c(C=O)c4)cc3[C@H]3[C@H](CCCCO)[C@@H](CCCCO)C=C(C(=NOC4CCCCO4)C[C@@H]1SCCCCCCCCCCCCCCCC)[C@H]32. The summed E-state index contributed by atoms with van der Waals surface area (Å²) in [5.74, 6) is 2.43. The van der Waals surface area contributed by atoms with Crippen LogP contribution >= 0.6 is 11.8 Å². The number of nitrogens with zero attached hydrogens (tertiary/aromatic N) is 1. The van der Waals surface area contributed by atoms with Gasteiger partial charge in [0.05, 0.1) is 42.8 Å². The highest BCUT2D eigenvalue weighted by Gasteiger charge is 2.64. The molecule has 0 amide bonds. The van der Waals surface area contributed by atoms with Crippen LogP contribution in [0.5, 0.6) is 23.0 Å². The lowest BCUT2D eigenvalue weighted by Crippen LogP contribution is -2.64. The number of aliphatic hydroxyl groups excluding tert-OH is 2. The Morgan fingerprint density at radius 2 is 1.54 bits per heavy atom. The second kappa shape index (κ2) is 29.0. The molecule has 6 rings (SSSR count). The molecule has 0 bridgehead atoms. The van der Waals surface area contributed by atoms with E-state index in [4.69, 9.17) is 33.7 Å². The average Bonchev–Trinajstić information content (AvgIpc) is 3.35. The van der Waals surface area contributed by atoms with Gasteiger partial charge in [0.15, 0.2) is 6.29 Å². The van der Waals surface area contributed by atoms with E-state index in [2.05, 4.69) is 25.6 Å². The number of methoxy groups -OCH3 is 1. The molecule has 1 saturated heterocycles. The van der Waals surface area contributed by atoms with E-state index in [0.717, 1.165) is 92.4 Å². The monoisotopic (exact) mass is 946 g/mol. The number of hydrogen-bond donors (Lipinski definition) is 2. The van der Waals surface area contributed by atoms with Gasteiger partial charge in [0.2, 0.25) is 12.1 Å². The van der Waals surface area contributed by atoms with Crippen molar-refractivity contribution in [3.8, 4) is 23.0 Å². The summed E-state index contributed by atoms with van der Waals surface area (Å²) in [6, 6.07) is 11.3. The third-order valence-electron chi connectivity index (χ3n) is 14.4. The van der Waals surface area contributed by atoms with Crippen molar-refractivity contribution < 1.29 is 43.5 Å². The minimum atomic E-state index is -1.03. The van der Waals surface area contributed by atoms with Gasteiger partial charge in [-0.1, -0.05) is 121 Å². The Labute approximate surface area is 407 Å². The van der Waals surface area contributed by atoms with Gasteiger partial charge in [-0.2, -0.15) is 11.8 Å². The van der Waals surface area contributed by atoms with Crippen molar-refractivity contribution >= 4 is 23.8 Å². The van der Waals surface area contributed by atoms with Crippen molar-refractivity contribution in [2.45, 2.75) is 184 Å². The number of aliphatic hydroxyl groups is 2. The maximum absolute atomic E-state index is 12.0. The summed E-state index contributed by atoms with van der Waals surface area (Å²) in [5.41, 5.74) is 3.49. The summed E-state index contributed by atoms with van der Waals surface area (Å²) in [6.45, 7) is 7.68. The van der Waals surface area contributed by atoms with E-state index in [1.807, 2.05) is 36.0 Å².